The molecule has 0 aliphatic rings. The van der Waals surface area contributed by atoms with Crippen molar-refractivity contribution >= 4 is 5.97 Å². The van der Waals surface area contributed by atoms with Crippen LogP contribution in [0.5, 0.6) is 0 Å². The Balaban J connectivity index is 3.72. The third-order valence-electron chi connectivity index (χ3n) is 1.29. The van der Waals surface area contributed by atoms with Crippen LogP contribution in [-0.2, 0) is 4.79 Å². The Hall–Kier alpha value is -0.600. The van der Waals surface area contributed by atoms with Gasteiger partial charge in [-0.3, -0.25) is 9.18 Å². The van der Waals surface area contributed by atoms with Crippen molar-refractivity contribution in [2.24, 2.45) is 11.8 Å². The van der Waals surface area contributed by atoms with Gasteiger partial charge >= 0.3 is 5.97 Å². The summed E-state index contributed by atoms with van der Waals surface area (Å²) in [6, 6.07) is 0. The standard InChI is InChI=1S/C7H13FO2/c1-5(2)3-6(4-8)7(9)10/h5-6H,3-4H2,1-2H3,(H,9,10)/t6-/m0/s1. The molecule has 1 N–H and O–H groups in total. The Bertz CT molecular complexity index is 112. The van der Waals surface area contributed by atoms with E-state index in [4.69, 9.17) is 5.11 Å². The molecule has 0 aromatic heterocycles. The highest BCUT2D eigenvalue weighted by Gasteiger charge is 2.17. The van der Waals surface area contributed by atoms with Gasteiger partial charge in [0.2, 0.25) is 0 Å². The van der Waals surface area contributed by atoms with E-state index in [1.165, 1.54) is 0 Å². The largest absolute Gasteiger partial charge is 0.481 e. The van der Waals surface area contributed by atoms with E-state index in [9.17, 15) is 9.18 Å². The minimum Gasteiger partial charge on any atom is -0.481 e. The lowest BCUT2D eigenvalue weighted by Gasteiger charge is -2.09. The normalized spacial score (nSPS) is 13.6. The Labute approximate surface area is 60.1 Å². The summed E-state index contributed by atoms with van der Waals surface area (Å²) in [6.07, 6.45) is 0.422. The van der Waals surface area contributed by atoms with Crippen LogP contribution in [0.4, 0.5) is 4.39 Å². The Morgan fingerprint density at radius 2 is 2.10 bits per heavy atom. The molecule has 0 aromatic carbocycles. The molecule has 0 aliphatic heterocycles. The molecule has 0 saturated heterocycles. The average molecular weight is 148 g/mol. The highest BCUT2D eigenvalue weighted by Crippen LogP contribution is 2.11. The van der Waals surface area contributed by atoms with Gasteiger partial charge in [-0.05, 0) is 12.3 Å². The molecule has 3 heteroatoms. The molecule has 0 aliphatic carbocycles. The number of halogens is 1. The molecule has 2 nitrogen and oxygen atoms in total. The molecule has 0 rings (SSSR count). The lowest BCUT2D eigenvalue weighted by Crippen LogP contribution is -2.17. The number of hydrogen-bond donors (Lipinski definition) is 1. The molecule has 0 bridgehead atoms. The number of carbonyl (C=O) groups is 1. The van der Waals surface area contributed by atoms with Crippen LogP contribution in [0.15, 0.2) is 0 Å². The number of aliphatic carboxylic acids is 1. The van der Waals surface area contributed by atoms with Crippen molar-refractivity contribution in [3.8, 4) is 0 Å². The number of hydrogen-bond acceptors (Lipinski definition) is 1. The molecular formula is C7H13FO2. The van der Waals surface area contributed by atoms with Crippen molar-refractivity contribution in [3.05, 3.63) is 0 Å². The Morgan fingerprint density at radius 1 is 1.60 bits per heavy atom. The maximum atomic E-state index is 11.9. The van der Waals surface area contributed by atoms with Gasteiger partial charge in [0.1, 0.15) is 6.67 Å². The fourth-order valence-electron chi connectivity index (χ4n) is 0.799. The molecule has 1 atom stereocenters. The van der Waals surface area contributed by atoms with Gasteiger partial charge in [0.05, 0.1) is 5.92 Å². The smallest absolute Gasteiger partial charge is 0.309 e. The van der Waals surface area contributed by atoms with Gasteiger partial charge in [-0.2, -0.15) is 0 Å². The molecular weight excluding hydrogens is 135 g/mol. The van der Waals surface area contributed by atoms with E-state index in [0.29, 0.717) is 6.42 Å². The first kappa shape index (κ1) is 9.40. The van der Waals surface area contributed by atoms with Crippen molar-refractivity contribution in [1.82, 2.24) is 0 Å². The molecule has 0 saturated carbocycles. The summed E-state index contributed by atoms with van der Waals surface area (Å²) in [5.74, 6) is -1.59. The number of rotatable bonds is 4. The second kappa shape index (κ2) is 4.25. The zero-order valence-electron chi connectivity index (χ0n) is 6.30. The average Bonchev–Trinajstić information content (AvgIpc) is 1.81. The van der Waals surface area contributed by atoms with E-state index in [0.717, 1.165) is 0 Å². The first-order valence-electron chi connectivity index (χ1n) is 3.36. The lowest BCUT2D eigenvalue weighted by atomic mass is 9.99. The third-order valence-corrected chi connectivity index (χ3v) is 1.29. The predicted molar refractivity (Wildman–Crippen MR) is 36.6 cm³/mol. The summed E-state index contributed by atoms with van der Waals surface area (Å²) >= 11 is 0. The van der Waals surface area contributed by atoms with Crippen LogP contribution < -0.4 is 0 Å². The highest BCUT2D eigenvalue weighted by molar-refractivity contribution is 5.70. The number of carboxylic acids is 1. The maximum Gasteiger partial charge on any atom is 0.309 e. The molecule has 0 aromatic rings. The molecule has 0 unspecified atom stereocenters. The third kappa shape index (κ3) is 3.43. The van der Waals surface area contributed by atoms with Crippen LogP contribution >= 0.6 is 0 Å². The van der Waals surface area contributed by atoms with Gasteiger partial charge in [0.15, 0.2) is 0 Å². The molecule has 0 fully saturated rings. The van der Waals surface area contributed by atoms with Crippen LogP contribution in [-0.4, -0.2) is 17.8 Å². The maximum absolute atomic E-state index is 11.9. The monoisotopic (exact) mass is 148 g/mol. The van der Waals surface area contributed by atoms with Gasteiger partial charge in [-0.25, -0.2) is 0 Å². The quantitative estimate of drug-likeness (QED) is 0.658. The first-order valence-corrected chi connectivity index (χ1v) is 3.36. The fraction of sp³-hybridized carbons (Fsp3) is 0.857. The SMILES string of the molecule is CC(C)C[C@@H](CF)C(=O)O. The van der Waals surface area contributed by atoms with E-state index in [-0.39, 0.29) is 5.92 Å². The zero-order valence-corrected chi connectivity index (χ0v) is 6.30. The molecule has 0 spiro atoms. The van der Waals surface area contributed by atoms with E-state index in [1.54, 1.807) is 0 Å². The fourth-order valence-corrected chi connectivity index (χ4v) is 0.799. The topological polar surface area (TPSA) is 37.3 Å². The molecule has 0 radical (unpaired) electrons. The van der Waals surface area contributed by atoms with E-state index in [1.807, 2.05) is 13.8 Å². The summed E-state index contributed by atoms with van der Waals surface area (Å²) in [4.78, 5) is 10.2. The van der Waals surface area contributed by atoms with Crippen LogP contribution in [0, 0.1) is 11.8 Å². The van der Waals surface area contributed by atoms with Gasteiger partial charge in [-0.1, -0.05) is 13.8 Å². The zero-order chi connectivity index (χ0) is 8.15. The lowest BCUT2D eigenvalue weighted by molar-refractivity contribution is -0.142. The van der Waals surface area contributed by atoms with Crippen molar-refractivity contribution in [3.63, 3.8) is 0 Å². The van der Waals surface area contributed by atoms with Crippen molar-refractivity contribution < 1.29 is 14.3 Å². The van der Waals surface area contributed by atoms with Crippen molar-refractivity contribution in [1.29, 1.82) is 0 Å². The highest BCUT2D eigenvalue weighted by atomic mass is 19.1. The van der Waals surface area contributed by atoms with E-state index in [2.05, 4.69) is 0 Å². The van der Waals surface area contributed by atoms with Gasteiger partial charge in [0.25, 0.3) is 0 Å². The summed E-state index contributed by atoms with van der Waals surface area (Å²) in [7, 11) is 0. The van der Waals surface area contributed by atoms with E-state index < -0.39 is 18.6 Å². The van der Waals surface area contributed by atoms with Crippen molar-refractivity contribution in [2.75, 3.05) is 6.67 Å². The minimum absolute atomic E-state index is 0.247. The van der Waals surface area contributed by atoms with E-state index >= 15 is 0 Å². The van der Waals surface area contributed by atoms with Crippen LogP contribution in [0.25, 0.3) is 0 Å². The van der Waals surface area contributed by atoms with Crippen LogP contribution in [0.1, 0.15) is 20.3 Å². The summed E-state index contributed by atoms with van der Waals surface area (Å²) in [6.45, 7) is 3.00. The minimum atomic E-state index is -1.03. The predicted octanol–water partition coefficient (Wildman–Crippen LogP) is 1.70. The molecule has 10 heavy (non-hydrogen) atoms. The van der Waals surface area contributed by atoms with Crippen LogP contribution in [0.3, 0.4) is 0 Å². The molecule has 60 valence electrons. The first-order chi connectivity index (χ1) is 4.57. The Kier molecular flexibility index (Phi) is 4.00. The second-order valence-corrected chi connectivity index (χ2v) is 2.82. The van der Waals surface area contributed by atoms with Crippen molar-refractivity contribution in [2.45, 2.75) is 20.3 Å². The Morgan fingerprint density at radius 3 is 2.20 bits per heavy atom. The molecule has 0 amide bonds. The second-order valence-electron chi connectivity index (χ2n) is 2.82. The summed E-state index contributed by atoms with van der Waals surface area (Å²) in [5.41, 5.74) is 0. The molecule has 0 heterocycles. The van der Waals surface area contributed by atoms with Crippen LogP contribution in [0.2, 0.25) is 0 Å². The summed E-state index contributed by atoms with van der Waals surface area (Å²) < 4.78 is 11.9. The van der Waals surface area contributed by atoms with Gasteiger partial charge in [0, 0.05) is 0 Å². The summed E-state index contributed by atoms with van der Waals surface area (Å²) in [5, 5.41) is 8.38. The van der Waals surface area contributed by atoms with Gasteiger partial charge < -0.3 is 5.11 Å². The number of carboxylic acid groups (broad SMARTS) is 1. The number of alkyl halides is 1. The van der Waals surface area contributed by atoms with Gasteiger partial charge in [-0.15, -0.1) is 0 Å².